The molecule has 0 unspecified atom stereocenters. The topological polar surface area (TPSA) is 132 Å². The molecule has 1 aliphatic heterocycles. The maximum atomic E-state index is 13.6. The third-order valence-electron chi connectivity index (χ3n) is 7.07. The Bertz CT molecular complexity index is 1640. The van der Waals surface area contributed by atoms with Gasteiger partial charge in [0, 0.05) is 29.0 Å². The fourth-order valence-electron chi connectivity index (χ4n) is 4.96. The van der Waals surface area contributed by atoms with Crippen molar-refractivity contribution in [3.05, 3.63) is 92.7 Å². The van der Waals surface area contributed by atoms with Crippen LogP contribution in [0.5, 0.6) is 0 Å². The highest BCUT2D eigenvalue weighted by atomic mass is 35.5. The Morgan fingerprint density at radius 2 is 1.93 bits per heavy atom. The van der Waals surface area contributed by atoms with Gasteiger partial charge in [0.15, 0.2) is 5.15 Å². The average molecular weight is 581 g/mol. The maximum absolute atomic E-state index is 13.6. The number of carbonyl (C=O) groups excluding carboxylic acids is 1. The number of rotatable bonds is 4. The number of benzene rings is 2. The van der Waals surface area contributed by atoms with Crippen LogP contribution in [0.3, 0.4) is 0 Å². The molecule has 1 amide bonds. The van der Waals surface area contributed by atoms with Crippen LogP contribution in [0.4, 0.5) is 0 Å². The van der Waals surface area contributed by atoms with Crippen molar-refractivity contribution >= 4 is 35.1 Å². The third kappa shape index (κ3) is 5.93. The molecule has 40 heavy (non-hydrogen) atoms. The minimum Gasteiger partial charge on any atom is -0.480 e. The predicted octanol–water partition coefficient (Wildman–Crippen LogP) is 4.32. The van der Waals surface area contributed by atoms with Crippen LogP contribution in [0.2, 0.25) is 10.2 Å². The van der Waals surface area contributed by atoms with Crippen LogP contribution in [-0.2, 0) is 16.0 Å². The van der Waals surface area contributed by atoms with Gasteiger partial charge in [-0.1, -0.05) is 66.0 Å². The standard InChI is InChI=1S/C28H26Cl2N6O4/c1-16-4-2-7-23(18-6-3-5-17(10-18)11-22(28(39)40)32-27(16)38)35-15-31-21(13-26(35)37)20-12-19(29)8-9-24(20)36-14-25(30)33-34-36/h3,5-6,8-10,12-16,22-23H,2,4,7,11H2,1H3,(H,32,38)(H,39,40)/t16-,22-,23+/m1/s1. The number of nitrogens with one attached hydrogen (secondary N) is 1. The number of carboxylic acids is 1. The second kappa shape index (κ2) is 11.6. The zero-order valence-corrected chi connectivity index (χ0v) is 23.0. The molecule has 0 spiro atoms. The van der Waals surface area contributed by atoms with Gasteiger partial charge < -0.3 is 10.4 Å². The Morgan fingerprint density at radius 3 is 2.65 bits per heavy atom. The second-order valence-electron chi connectivity index (χ2n) is 9.86. The number of aromatic nitrogens is 5. The van der Waals surface area contributed by atoms with Crippen LogP contribution < -0.4 is 10.9 Å². The summed E-state index contributed by atoms with van der Waals surface area (Å²) in [5.41, 5.74) is 2.92. The molecule has 4 aromatic rings. The normalized spacial score (nSPS) is 19.8. The summed E-state index contributed by atoms with van der Waals surface area (Å²) in [5.74, 6) is -1.76. The molecule has 206 valence electrons. The first-order valence-electron chi connectivity index (χ1n) is 12.8. The second-order valence-corrected chi connectivity index (χ2v) is 10.7. The molecule has 0 saturated carbocycles. The molecular formula is C28H26Cl2N6O4. The van der Waals surface area contributed by atoms with Gasteiger partial charge in [-0.3, -0.25) is 14.2 Å². The molecule has 2 aromatic heterocycles. The quantitative estimate of drug-likeness (QED) is 0.367. The molecule has 2 N–H and O–H groups in total. The largest absolute Gasteiger partial charge is 0.480 e. The lowest BCUT2D eigenvalue weighted by molar-refractivity contribution is -0.142. The molecule has 3 heterocycles. The van der Waals surface area contributed by atoms with Gasteiger partial charge >= 0.3 is 5.97 Å². The summed E-state index contributed by atoms with van der Waals surface area (Å²) in [4.78, 5) is 42.7. The van der Waals surface area contributed by atoms with Gasteiger partial charge in [-0.05, 0) is 42.2 Å². The zero-order chi connectivity index (χ0) is 28.4. The van der Waals surface area contributed by atoms with E-state index < -0.39 is 12.0 Å². The lowest BCUT2D eigenvalue weighted by atomic mass is 9.93. The molecule has 5 rings (SSSR count). The van der Waals surface area contributed by atoms with Gasteiger partial charge in [0.25, 0.3) is 5.56 Å². The van der Waals surface area contributed by atoms with Crippen molar-refractivity contribution in [1.82, 2.24) is 29.9 Å². The van der Waals surface area contributed by atoms with Crippen LogP contribution in [0.25, 0.3) is 16.9 Å². The Balaban J connectivity index is 1.54. The van der Waals surface area contributed by atoms with E-state index in [-0.39, 0.29) is 35.0 Å². The van der Waals surface area contributed by atoms with Crippen LogP contribution >= 0.6 is 23.2 Å². The van der Waals surface area contributed by atoms with E-state index in [0.717, 1.165) is 11.1 Å². The first-order valence-corrected chi connectivity index (χ1v) is 13.5. The lowest BCUT2D eigenvalue weighted by Crippen LogP contribution is -2.44. The van der Waals surface area contributed by atoms with E-state index in [1.807, 2.05) is 24.3 Å². The Labute approximate surface area is 239 Å². The predicted molar refractivity (Wildman–Crippen MR) is 150 cm³/mol. The Morgan fingerprint density at radius 1 is 1.10 bits per heavy atom. The van der Waals surface area contributed by atoms with E-state index in [4.69, 9.17) is 23.2 Å². The maximum Gasteiger partial charge on any atom is 0.326 e. The van der Waals surface area contributed by atoms with Crippen molar-refractivity contribution in [3.63, 3.8) is 0 Å². The van der Waals surface area contributed by atoms with Crippen molar-refractivity contribution in [1.29, 1.82) is 0 Å². The van der Waals surface area contributed by atoms with Crippen LogP contribution in [0.15, 0.2) is 65.8 Å². The van der Waals surface area contributed by atoms with E-state index in [2.05, 4.69) is 20.6 Å². The summed E-state index contributed by atoms with van der Waals surface area (Å²) in [5, 5.41) is 20.9. The molecule has 2 aromatic carbocycles. The van der Waals surface area contributed by atoms with Crippen molar-refractivity contribution < 1.29 is 14.7 Å². The number of hydrogen-bond acceptors (Lipinski definition) is 6. The minimum absolute atomic E-state index is 0.129. The zero-order valence-electron chi connectivity index (χ0n) is 21.5. The number of aliphatic carboxylic acids is 1. The highest BCUT2D eigenvalue weighted by Gasteiger charge is 2.26. The minimum atomic E-state index is -1.09. The third-order valence-corrected chi connectivity index (χ3v) is 7.48. The molecule has 0 fully saturated rings. The molecule has 0 aliphatic carbocycles. The molecule has 3 atom stereocenters. The number of hydrogen-bond donors (Lipinski definition) is 2. The van der Waals surface area contributed by atoms with E-state index in [1.54, 1.807) is 35.9 Å². The average Bonchev–Trinajstić information content (AvgIpc) is 3.36. The summed E-state index contributed by atoms with van der Waals surface area (Å²) in [6.07, 6.45) is 4.95. The number of amides is 1. The van der Waals surface area contributed by atoms with E-state index in [0.29, 0.717) is 41.2 Å². The molecule has 0 radical (unpaired) electrons. The van der Waals surface area contributed by atoms with Crippen LogP contribution in [0, 0.1) is 5.92 Å². The van der Waals surface area contributed by atoms with Gasteiger partial charge in [0.2, 0.25) is 5.91 Å². The Hall–Kier alpha value is -4.02. The summed E-state index contributed by atoms with van der Waals surface area (Å²) in [6, 6.07) is 12.6. The molecule has 2 bridgehead atoms. The van der Waals surface area contributed by atoms with Crippen molar-refractivity contribution in [2.75, 3.05) is 0 Å². The Kier molecular flexibility index (Phi) is 7.99. The fraction of sp³-hybridized carbons (Fsp3) is 0.286. The monoisotopic (exact) mass is 580 g/mol. The van der Waals surface area contributed by atoms with Gasteiger partial charge in [-0.15, -0.1) is 5.10 Å². The van der Waals surface area contributed by atoms with Crippen molar-refractivity contribution in [3.8, 4) is 16.9 Å². The van der Waals surface area contributed by atoms with Crippen molar-refractivity contribution in [2.45, 2.75) is 44.7 Å². The molecule has 12 heteroatoms. The smallest absolute Gasteiger partial charge is 0.326 e. The van der Waals surface area contributed by atoms with Gasteiger partial charge in [-0.25, -0.2) is 14.5 Å². The number of carbonyl (C=O) groups is 2. The van der Waals surface area contributed by atoms with Crippen LogP contribution in [-0.4, -0.2) is 47.6 Å². The van der Waals surface area contributed by atoms with Crippen LogP contribution in [0.1, 0.15) is 43.4 Å². The van der Waals surface area contributed by atoms with Gasteiger partial charge in [0.05, 0.1) is 29.9 Å². The highest BCUT2D eigenvalue weighted by molar-refractivity contribution is 6.31. The van der Waals surface area contributed by atoms with Gasteiger partial charge in [-0.2, -0.15) is 0 Å². The fourth-order valence-corrected chi connectivity index (χ4v) is 5.26. The SMILES string of the molecule is C[C@@H]1CCC[C@H](n2cnc(-c3cc(Cl)ccc3-n3cc(Cl)nn3)cc2=O)c2cccc(c2)C[C@H](C(=O)O)NC1=O. The summed E-state index contributed by atoms with van der Waals surface area (Å²) in [7, 11) is 0. The lowest BCUT2D eigenvalue weighted by Gasteiger charge is -2.24. The van der Waals surface area contributed by atoms with Gasteiger partial charge in [0.1, 0.15) is 6.04 Å². The summed E-state index contributed by atoms with van der Waals surface area (Å²) >= 11 is 12.2. The molecule has 1 aliphatic rings. The molecule has 0 saturated heterocycles. The van der Waals surface area contributed by atoms with E-state index >= 15 is 0 Å². The number of fused-ring (bicyclic) bond motifs is 2. The first-order chi connectivity index (χ1) is 19.2. The molecular weight excluding hydrogens is 555 g/mol. The number of halogens is 2. The highest BCUT2D eigenvalue weighted by Crippen LogP contribution is 2.30. The van der Waals surface area contributed by atoms with E-state index in [9.17, 15) is 19.5 Å². The molecule has 10 nitrogen and oxygen atoms in total. The van der Waals surface area contributed by atoms with Crippen molar-refractivity contribution in [2.24, 2.45) is 5.92 Å². The number of nitrogens with zero attached hydrogens (tertiary/aromatic N) is 5. The number of carboxylic acid groups (broad SMARTS) is 1. The van der Waals surface area contributed by atoms with E-state index in [1.165, 1.54) is 17.1 Å². The summed E-state index contributed by atoms with van der Waals surface area (Å²) in [6.45, 7) is 1.78. The summed E-state index contributed by atoms with van der Waals surface area (Å²) < 4.78 is 3.06. The first kappa shape index (κ1) is 27.5.